The van der Waals surface area contributed by atoms with Crippen molar-refractivity contribution in [2.75, 3.05) is 13.7 Å². The minimum atomic E-state index is -0.980. The number of amides is 1. The number of rotatable bonds is 12. The molecule has 0 heterocycles. The minimum absolute atomic E-state index is 0.0360. The summed E-state index contributed by atoms with van der Waals surface area (Å²) < 4.78 is 5.63. The first-order chi connectivity index (χ1) is 15.5. The molecule has 0 aliphatic heterocycles. The maximum atomic E-state index is 12.7. The Balaban J connectivity index is 1.55. The van der Waals surface area contributed by atoms with Gasteiger partial charge in [0.1, 0.15) is 12.6 Å². The summed E-state index contributed by atoms with van der Waals surface area (Å²) in [6.45, 7) is 2.39. The van der Waals surface area contributed by atoms with Crippen LogP contribution in [0.4, 0.5) is 4.79 Å². The number of aliphatic carboxylic acids is 1. The first-order valence-corrected chi connectivity index (χ1v) is 11.8. The molecular formula is C27H35NO4. The number of carboxylic acids is 1. The average Bonchev–Trinajstić information content (AvgIpc) is 3.12. The SMILES string of the molecule is CCCCCCCCCC(C(=O)O)N(C)C(=O)OCC1c2ccccc2-c2ccccc21. The van der Waals surface area contributed by atoms with Gasteiger partial charge in [0, 0.05) is 13.0 Å². The molecular weight excluding hydrogens is 402 g/mol. The molecule has 1 unspecified atom stereocenters. The predicted octanol–water partition coefficient (Wildman–Crippen LogP) is 6.46. The van der Waals surface area contributed by atoms with E-state index in [1.54, 1.807) is 0 Å². The molecule has 0 radical (unpaired) electrons. The van der Waals surface area contributed by atoms with Crippen LogP contribution in [0.1, 0.15) is 75.3 Å². The van der Waals surface area contributed by atoms with E-state index in [1.165, 1.54) is 48.8 Å². The van der Waals surface area contributed by atoms with E-state index in [4.69, 9.17) is 4.74 Å². The summed E-state index contributed by atoms with van der Waals surface area (Å²) in [7, 11) is 1.53. The molecule has 0 spiro atoms. The summed E-state index contributed by atoms with van der Waals surface area (Å²) in [5.74, 6) is -1.02. The van der Waals surface area contributed by atoms with Crippen LogP contribution in [0.25, 0.3) is 11.1 Å². The Kier molecular flexibility index (Phi) is 8.72. The summed E-state index contributed by atoms with van der Waals surface area (Å²) in [5.41, 5.74) is 4.61. The molecule has 1 aliphatic carbocycles. The van der Waals surface area contributed by atoms with Gasteiger partial charge in [0.05, 0.1) is 0 Å². The lowest BCUT2D eigenvalue weighted by atomic mass is 9.98. The van der Waals surface area contributed by atoms with Gasteiger partial charge in [-0.3, -0.25) is 4.90 Å². The van der Waals surface area contributed by atoms with Gasteiger partial charge in [-0.05, 0) is 28.7 Å². The van der Waals surface area contributed by atoms with Gasteiger partial charge in [0.25, 0.3) is 0 Å². The zero-order chi connectivity index (χ0) is 22.9. The molecule has 0 fully saturated rings. The van der Waals surface area contributed by atoms with Crippen LogP contribution in [-0.2, 0) is 9.53 Å². The number of unbranched alkanes of at least 4 members (excludes halogenated alkanes) is 6. The number of fused-ring (bicyclic) bond motifs is 3. The molecule has 0 saturated carbocycles. The molecule has 2 aromatic carbocycles. The lowest BCUT2D eigenvalue weighted by Crippen LogP contribution is -2.43. The number of likely N-dealkylation sites (N-methyl/N-ethyl adjacent to an activating group) is 1. The van der Waals surface area contributed by atoms with Crippen LogP contribution in [0.15, 0.2) is 48.5 Å². The number of carboxylic acid groups (broad SMARTS) is 1. The van der Waals surface area contributed by atoms with Crippen LogP contribution in [0.5, 0.6) is 0 Å². The molecule has 2 aromatic rings. The highest BCUT2D eigenvalue weighted by atomic mass is 16.6. The molecule has 3 rings (SSSR count). The second-order valence-corrected chi connectivity index (χ2v) is 8.68. The molecule has 5 heteroatoms. The van der Waals surface area contributed by atoms with Crippen LogP contribution in [0.3, 0.4) is 0 Å². The fraction of sp³-hybridized carbons (Fsp3) is 0.481. The Morgan fingerprint density at radius 3 is 2.00 bits per heavy atom. The Hall–Kier alpha value is -2.82. The molecule has 32 heavy (non-hydrogen) atoms. The molecule has 1 amide bonds. The summed E-state index contributed by atoms with van der Waals surface area (Å²) >= 11 is 0. The summed E-state index contributed by atoms with van der Waals surface area (Å²) in [6.07, 6.45) is 7.66. The highest BCUT2D eigenvalue weighted by Crippen LogP contribution is 2.44. The summed E-state index contributed by atoms with van der Waals surface area (Å²) in [4.78, 5) is 25.7. The van der Waals surface area contributed by atoms with Crippen molar-refractivity contribution in [2.24, 2.45) is 0 Å². The van der Waals surface area contributed by atoms with Crippen LogP contribution in [0, 0.1) is 0 Å². The van der Waals surface area contributed by atoms with Crippen molar-refractivity contribution in [2.45, 2.75) is 70.3 Å². The molecule has 1 aliphatic rings. The van der Waals surface area contributed by atoms with Crippen molar-refractivity contribution < 1.29 is 19.4 Å². The third-order valence-electron chi connectivity index (χ3n) is 6.46. The Bertz CT molecular complexity index is 865. The third-order valence-corrected chi connectivity index (χ3v) is 6.46. The number of ether oxygens (including phenoxy) is 1. The van der Waals surface area contributed by atoms with Crippen LogP contribution >= 0.6 is 0 Å². The van der Waals surface area contributed by atoms with Gasteiger partial charge in [-0.1, -0.05) is 100 Å². The normalized spacial score (nSPS) is 13.3. The van der Waals surface area contributed by atoms with Crippen molar-refractivity contribution in [3.05, 3.63) is 59.7 Å². The largest absolute Gasteiger partial charge is 0.480 e. The maximum Gasteiger partial charge on any atom is 0.410 e. The number of hydrogen-bond acceptors (Lipinski definition) is 3. The quantitative estimate of drug-likeness (QED) is 0.387. The Morgan fingerprint density at radius 2 is 1.44 bits per heavy atom. The predicted molar refractivity (Wildman–Crippen MR) is 127 cm³/mol. The number of nitrogens with zero attached hydrogens (tertiary/aromatic N) is 1. The van der Waals surface area contributed by atoms with E-state index in [-0.39, 0.29) is 12.5 Å². The van der Waals surface area contributed by atoms with E-state index < -0.39 is 18.1 Å². The molecule has 0 aromatic heterocycles. The third kappa shape index (κ3) is 5.70. The minimum Gasteiger partial charge on any atom is -0.480 e. The monoisotopic (exact) mass is 437 g/mol. The second kappa shape index (κ2) is 11.7. The van der Waals surface area contributed by atoms with E-state index >= 15 is 0 Å². The average molecular weight is 438 g/mol. The van der Waals surface area contributed by atoms with Gasteiger partial charge in [-0.25, -0.2) is 9.59 Å². The topological polar surface area (TPSA) is 66.8 Å². The van der Waals surface area contributed by atoms with Crippen molar-refractivity contribution in [3.63, 3.8) is 0 Å². The smallest absolute Gasteiger partial charge is 0.410 e. The fourth-order valence-corrected chi connectivity index (χ4v) is 4.60. The van der Waals surface area contributed by atoms with Crippen molar-refractivity contribution >= 4 is 12.1 Å². The summed E-state index contributed by atoms with van der Waals surface area (Å²) in [5, 5.41) is 9.66. The van der Waals surface area contributed by atoms with Gasteiger partial charge >= 0.3 is 12.1 Å². The standard InChI is InChI=1S/C27H35NO4/c1-3-4-5-6-7-8-9-18-25(26(29)30)28(2)27(31)32-19-24-22-16-12-10-14-20(22)21-15-11-13-17-23(21)24/h10-17,24-25H,3-9,18-19H2,1-2H3,(H,29,30). The zero-order valence-corrected chi connectivity index (χ0v) is 19.3. The lowest BCUT2D eigenvalue weighted by Gasteiger charge is -2.25. The van der Waals surface area contributed by atoms with E-state index in [2.05, 4.69) is 31.2 Å². The zero-order valence-electron chi connectivity index (χ0n) is 19.3. The fourth-order valence-electron chi connectivity index (χ4n) is 4.60. The Morgan fingerprint density at radius 1 is 0.906 bits per heavy atom. The number of hydrogen-bond donors (Lipinski definition) is 1. The first-order valence-electron chi connectivity index (χ1n) is 11.8. The van der Waals surface area contributed by atoms with E-state index in [1.807, 2.05) is 24.3 Å². The maximum absolute atomic E-state index is 12.7. The van der Waals surface area contributed by atoms with E-state index in [9.17, 15) is 14.7 Å². The van der Waals surface area contributed by atoms with Crippen molar-refractivity contribution in [1.82, 2.24) is 4.90 Å². The van der Waals surface area contributed by atoms with Gasteiger partial charge < -0.3 is 9.84 Å². The highest BCUT2D eigenvalue weighted by molar-refractivity contribution is 5.81. The summed E-state index contributed by atoms with van der Waals surface area (Å²) in [6, 6.07) is 15.5. The van der Waals surface area contributed by atoms with Crippen LogP contribution < -0.4 is 0 Å². The molecule has 5 nitrogen and oxygen atoms in total. The van der Waals surface area contributed by atoms with Crippen molar-refractivity contribution in [1.29, 1.82) is 0 Å². The first kappa shape index (κ1) is 23.8. The number of benzene rings is 2. The molecule has 0 bridgehead atoms. The van der Waals surface area contributed by atoms with Crippen LogP contribution in [0.2, 0.25) is 0 Å². The van der Waals surface area contributed by atoms with Gasteiger partial charge in [-0.15, -0.1) is 0 Å². The van der Waals surface area contributed by atoms with Crippen LogP contribution in [-0.4, -0.2) is 41.8 Å². The molecule has 172 valence electrons. The second-order valence-electron chi connectivity index (χ2n) is 8.68. The van der Waals surface area contributed by atoms with E-state index in [0.29, 0.717) is 6.42 Å². The highest BCUT2D eigenvalue weighted by Gasteiger charge is 2.31. The molecule has 1 N–H and O–H groups in total. The Labute approximate surface area is 191 Å². The van der Waals surface area contributed by atoms with Gasteiger partial charge in [-0.2, -0.15) is 0 Å². The number of carbonyl (C=O) groups excluding carboxylic acids is 1. The molecule has 1 atom stereocenters. The van der Waals surface area contributed by atoms with Crippen molar-refractivity contribution in [3.8, 4) is 11.1 Å². The molecule has 0 saturated heterocycles. The van der Waals surface area contributed by atoms with E-state index in [0.717, 1.165) is 30.4 Å². The van der Waals surface area contributed by atoms with Gasteiger partial charge in [0.2, 0.25) is 0 Å². The lowest BCUT2D eigenvalue weighted by molar-refractivity contribution is -0.142. The number of carbonyl (C=O) groups is 2. The van der Waals surface area contributed by atoms with Gasteiger partial charge in [0.15, 0.2) is 0 Å².